The molecule has 0 fully saturated rings. The van der Waals surface area contributed by atoms with Crippen molar-refractivity contribution in [3.05, 3.63) is 101 Å². The third-order valence-corrected chi connectivity index (χ3v) is 5.49. The standard InChI is InChI=1S/C24H19N5S/c1-3-7-18(8-4-1)17-26-23-25-14-13-20(27-23)11-12-21-22(19-9-5-2-6-10-19)28-24-29(21)15-16-30-24/h1-16H,17H2,(H,25,26,27). The second kappa shape index (κ2) is 8.31. The summed E-state index contributed by atoms with van der Waals surface area (Å²) in [4.78, 5) is 14.7. The smallest absolute Gasteiger partial charge is 0.223 e. The highest BCUT2D eigenvalue weighted by Gasteiger charge is 2.12. The molecule has 3 heterocycles. The molecule has 0 aliphatic rings. The first kappa shape index (κ1) is 18.3. The molecule has 30 heavy (non-hydrogen) atoms. The number of aromatic nitrogens is 4. The Morgan fingerprint density at radius 2 is 1.70 bits per heavy atom. The Morgan fingerprint density at radius 3 is 2.53 bits per heavy atom. The van der Waals surface area contributed by atoms with Crippen LogP contribution in [0.5, 0.6) is 0 Å². The van der Waals surface area contributed by atoms with E-state index < -0.39 is 0 Å². The monoisotopic (exact) mass is 409 g/mol. The highest BCUT2D eigenvalue weighted by atomic mass is 32.1. The molecule has 0 spiro atoms. The van der Waals surface area contributed by atoms with Gasteiger partial charge in [0.05, 0.1) is 17.1 Å². The van der Waals surface area contributed by atoms with Crippen molar-refractivity contribution < 1.29 is 0 Å². The lowest BCUT2D eigenvalue weighted by Crippen LogP contribution is -2.03. The molecule has 0 saturated heterocycles. The Kier molecular flexibility index (Phi) is 5.06. The van der Waals surface area contributed by atoms with E-state index in [-0.39, 0.29) is 0 Å². The largest absolute Gasteiger partial charge is 0.350 e. The summed E-state index contributed by atoms with van der Waals surface area (Å²) in [6.45, 7) is 0.685. The summed E-state index contributed by atoms with van der Waals surface area (Å²) in [6.07, 6.45) is 7.89. The lowest BCUT2D eigenvalue weighted by atomic mass is 10.1. The van der Waals surface area contributed by atoms with Crippen LogP contribution in [-0.2, 0) is 6.54 Å². The average Bonchev–Trinajstić information content (AvgIpc) is 3.40. The molecule has 5 nitrogen and oxygen atoms in total. The third kappa shape index (κ3) is 3.86. The van der Waals surface area contributed by atoms with E-state index in [1.807, 2.05) is 60.1 Å². The molecule has 1 N–H and O–H groups in total. The highest BCUT2D eigenvalue weighted by Crippen LogP contribution is 2.28. The van der Waals surface area contributed by atoms with Crippen LogP contribution in [-0.4, -0.2) is 19.4 Å². The molecule has 0 radical (unpaired) electrons. The van der Waals surface area contributed by atoms with Crippen LogP contribution >= 0.6 is 11.3 Å². The predicted molar refractivity (Wildman–Crippen MR) is 123 cm³/mol. The minimum Gasteiger partial charge on any atom is -0.350 e. The summed E-state index contributed by atoms with van der Waals surface area (Å²) in [7, 11) is 0. The summed E-state index contributed by atoms with van der Waals surface area (Å²) in [5.74, 6) is 0.609. The van der Waals surface area contributed by atoms with E-state index in [0.29, 0.717) is 12.5 Å². The Balaban J connectivity index is 1.42. The van der Waals surface area contributed by atoms with Crippen LogP contribution < -0.4 is 5.32 Å². The van der Waals surface area contributed by atoms with Gasteiger partial charge in [-0.1, -0.05) is 60.7 Å². The van der Waals surface area contributed by atoms with Gasteiger partial charge in [0.25, 0.3) is 0 Å². The predicted octanol–water partition coefficient (Wildman–Crippen LogP) is 5.64. The van der Waals surface area contributed by atoms with E-state index in [1.54, 1.807) is 17.5 Å². The maximum atomic E-state index is 4.82. The number of benzene rings is 2. The molecular formula is C24H19N5S. The van der Waals surface area contributed by atoms with Gasteiger partial charge < -0.3 is 5.32 Å². The maximum absolute atomic E-state index is 4.82. The number of anilines is 1. The first-order chi connectivity index (χ1) is 14.9. The first-order valence-corrected chi connectivity index (χ1v) is 10.5. The summed E-state index contributed by atoms with van der Waals surface area (Å²) in [5, 5.41) is 5.33. The second-order valence-corrected chi connectivity index (χ2v) is 7.62. The van der Waals surface area contributed by atoms with Crippen LogP contribution in [0, 0.1) is 0 Å². The minimum absolute atomic E-state index is 0.609. The number of fused-ring (bicyclic) bond motifs is 1. The number of nitrogens with zero attached hydrogens (tertiary/aromatic N) is 4. The van der Waals surface area contributed by atoms with Crippen molar-refractivity contribution in [3.8, 4) is 11.3 Å². The van der Waals surface area contributed by atoms with E-state index in [0.717, 1.165) is 27.6 Å². The molecule has 6 heteroatoms. The Hall–Kier alpha value is -3.77. The van der Waals surface area contributed by atoms with Crippen LogP contribution in [0.25, 0.3) is 28.4 Å². The second-order valence-electron chi connectivity index (χ2n) is 6.74. The number of rotatable bonds is 6. The molecule has 5 aromatic rings. The Bertz CT molecular complexity index is 1290. The van der Waals surface area contributed by atoms with Crippen LogP contribution in [0.1, 0.15) is 17.0 Å². The van der Waals surface area contributed by atoms with Crippen LogP contribution in [0.15, 0.2) is 84.5 Å². The van der Waals surface area contributed by atoms with Crippen molar-refractivity contribution >= 4 is 34.4 Å². The Labute approximate surface area is 178 Å². The zero-order valence-electron chi connectivity index (χ0n) is 16.1. The molecular weight excluding hydrogens is 390 g/mol. The van der Waals surface area contributed by atoms with Gasteiger partial charge in [-0.2, -0.15) is 0 Å². The molecule has 0 atom stereocenters. The molecule has 0 saturated carbocycles. The van der Waals surface area contributed by atoms with Gasteiger partial charge in [0.1, 0.15) is 0 Å². The van der Waals surface area contributed by atoms with Gasteiger partial charge in [-0.25, -0.2) is 15.0 Å². The zero-order valence-corrected chi connectivity index (χ0v) is 17.0. The highest BCUT2D eigenvalue weighted by molar-refractivity contribution is 7.15. The van der Waals surface area contributed by atoms with E-state index in [2.05, 4.69) is 50.0 Å². The van der Waals surface area contributed by atoms with Gasteiger partial charge in [0.2, 0.25) is 5.95 Å². The van der Waals surface area contributed by atoms with E-state index in [9.17, 15) is 0 Å². The van der Waals surface area contributed by atoms with Gasteiger partial charge >= 0.3 is 0 Å². The van der Waals surface area contributed by atoms with Crippen LogP contribution in [0.4, 0.5) is 5.95 Å². The fourth-order valence-corrected chi connectivity index (χ4v) is 3.98. The maximum Gasteiger partial charge on any atom is 0.223 e. The van der Waals surface area contributed by atoms with Crippen molar-refractivity contribution in [2.75, 3.05) is 5.32 Å². The van der Waals surface area contributed by atoms with Gasteiger partial charge in [0, 0.05) is 29.9 Å². The molecule has 2 aromatic carbocycles. The van der Waals surface area contributed by atoms with Gasteiger partial charge in [-0.15, -0.1) is 11.3 Å². The number of hydrogen-bond acceptors (Lipinski definition) is 5. The molecule has 146 valence electrons. The van der Waals surface area contributed by atoms with Gasteiger partial charge in [0.15, 0.2) is 4.96 Å². The SMILES string of the molecule is C(=Cc1c(-c2ccccc2)nc2sccn12)c1ccnc(NCc2ccccc2)n1. The third-order valence-electron chi connectivity index (χ3n) is 4.73. The minimum atomic E-state index is 0.609. The zero-order chi connectivity index (χ0) is 20.2. The fourth-order valence-electron chi connectivity index (χ4n) is 3.26. The molecule has 3 aromatic heterocycles. The van der Waals surface area contributed by atoms with Gasteiger partial charge in [-0.05, 0) is 23.8 Å². The number of nitrogens with one attached hydrogen (secondary N) is 1. The van der Waals surface area contributed by atoms with Gasteiger partial charge in [-0.3, -0.25) is 4.40 Å². The topological polar surface area (TPSA) is 55.1 Å². The lowest BCUT2D eigenvalue weighted by Gasteiger charge is -2.05. The average molecular weight is 410 g/mol. The first-order valence-electron chi connectivity index (χ1n) is 9.67. The molecule has 0 aliphatic heterocycles. The molecule has 0 aliphatic carbocycles. The number of thiazole rings is 1. The molecule has 0 amide bonds. The molecule has 0 unspecified atom stereocenters. The summed E-state index contributed by atoms with van der Waals surface area (Å²) >= 11 is 1.63. The summed E-state index contributed by atoms with van der Waals surface area (Å²) in [5.41, 5.74) is 5.13. The van der Waals surface area contributed by atoms with Crippen molar-refractivity contribution in [2.24, 2.45) is 0 Å². The normalized spacial score (nSPS) is 11.3. The Morgan fingerprint density at radius 1 is 0.900 bits per heavy atom. The summed E-state index contributed by atoms with van der Waals surface area (Å²) in [6, 6.07) is 22.4. The van der Waals surface area contributed by atoms with Crippen molar-refractivity contribution in [2.45, 2.75) is 6.54 Å². The van der Waals surface area contributed by atoms with Crippen LogP contribution in [0.2, 0.25) is 0 Å². The van der Waals surface area contributed by atoms with E-state index in [4.69, 9.17) is 4.98 Å². The number of imidazole rings is 1. The van der Waals surface area contributed by atoms with Crippen molar-refractivity contribution in [3.63, 3.8) is 0 Å². The van der Waals surface area contributed by atoms with E-state index in [1.165, 1.54) is 5.56 Å². The van der Waals surface area contributed by atoms with Crippen molar-refractivity contribution in [1.82, 2.24) is 19.4 Å². The van der Waals surface area contributed by atoms with E-state index >= 15 is 0 Å². The quantitative estimate of drug-likeness (QED) is 0.395. The molecule has 5 rings (SSSR count). The van der Waals surface area contributed by atoms with Crippen LogP contribution in [0.3, 0.4) is 0 Å². The summed E-state index contributed by atoms with van der Waals surface area (Å²) < 4.78 is 2.11. The molecule has 0 bridgehead atoms. The lowest BCUT2D eigenvalue weighted by molar-refractivity contribution is 1.05. The fraction of sp³-hybridized carbons (Fsp3) is 0.0417. The van der Waals surface area contributed by atoms with Crippen molar-refractivity contribution in [1.29, 1.82) is 0 Å². The number of hydrogen-bond donors (Lipinski definition) is 1.